The summed E-state index contributed by atoms with van der Waals surface area (Å²) in [4.78, 5) is 34.7. The maximum absolute atomic E-state index is 13.4. The molecule has 1 aromatic heterocycles. The average Bonchev–Trinajstić information content (AvgIpc) is 3.29. The SMILES string of the molecule is O=C(Nc1ccccc1)N1CCCC(C(=O)N2CCCC(c3nc4ccccc4s3)C2)C1. The summed E-state index contributed by atoms with van der Waals surface area (Å²) in [5.74, 6) is 0.360. The van der Waals surface area contributed by atoms with Gasteiger partial charge in [0.1, 0.15) is 0 Å². The Morgan fingerprint density at radius 2 is 1.66 bits per heavy atom. The van der Waals surface area contributed by atoms with Crippen molar-refractivity contribution in [2.24, 2.45) is 5.92 Å². The summed E-state index contributed by atoms with van der Waals surface area (Å²) in [5, 5.41) is 4.08. The summed E-state index contributed by atoms with van der Waals surface area (Å²) in [6.07, 6.45) is 3.77. The Kier molecular flexibility index (Phi) is 6.08. The van der Waals surface area contributed by atoms with E-state index in [0.717, 1.165) is 55.0 Å². The zero-order valence-corrected chi connectivity index (χ0v) is 18.9. The first-order valence-electron chi connectivity index (χ1n) is 11.4. The number of aromatic nitrogens is 1. The normalized spacial score (nSPS) is 21.5. The Hall–Kier alpha value is -2.93. The molecule has 0 bridgehead atoms. The molecule has 0 radical (unpaired) electrons. The molecule has 0 aliphatic carbocycles. The van der Waals surface area contributed by atoms with E-state index in [4.69, 9.17) is 4.98 Å². The van der Waals surface area contributed by atoms with Crippen molar-refractivity contribution < 1.29 is 9.59 Å². The number of likely N-dealkylation sites (tertiary alicyclic amines) is 2. The minimum Gasteiger partial charge on any atom is -0.342 e. The molecule has 2 aliphatic heterocycles. The Balaban J connectivity index is 1.22. The molecule has 5 rings (SSSR count). The number of amides is 3. The monoisotopic (exact) mass is 448 g/mol. The number of rotatable bonds is 3. The van der Waals surface area contributed by atoms with E-state index in [1.807, 2.05) is 47.4 Å². The van der Waals surface area contributed by atoms with E-state index >= 15 is 0 Å². The highest BCUT2D eigenvalue weighted by molar-refractivity contribution is 7.18. The number of carbonyl (C=O) groups is 2. The van der Waals surface area contributed by atoms with Crippen molar-refractivity contribution in [1.29, 1.82) is 0 Å². The molecule has 0 saturated carbocycles. The first-order chi connectivity index (χ1) is 15.7. The molecule has 2 atom stereocenters. The van der Waals surface area contributed by atoms with Crippen LogP contribution in [-0.2, 0) is 4.79 Å². The van der Waals surface area contributed by atoms with E-state index in [1.165, 1.54) is 4.70 Å². The molecule has 2 aromatic carbocycles. The highest BCUT2D eigenvalue weighted by Gasteiger charge is 2.34. The van der Waals surface area contributed by atoms with Gasteiger partial charge in [0, 0.05) is 37.8 Å². The van der Waals surface area contributed by atoms with Crippen molar-refractivity contribution in [1.82, 2.24) is 14.8 Å². The third kappa shape index (κ3) is 4.48. The molecule has 3 heterocycles. The molecule has 6 nitrogen and oxygen atoms in total. The first kappa shape index (κ1) is 20.9. The number of piperidine rings is 2. The topological polar surface area (TPSA) is 65.5 Å². The fourth-order valence-electron chi connectivity index (χ4n) is 4.79. The molecule has 2 aliphatic rings. The van der Waals surface area contributed by atoms with E-state index in [9.17, 15) is 9.59 Å². The van der Waals surface area contributed by atoms with E-state index in [0.29, 0.717) is 19.0 Å². The lowest BCUT2D eigenvalue weighted by Gasteiger charge is -2.38. The zero-order valence-electron chi connectivity index (χ0n) is 18.1. The predicted octanol–water partition coefficient (Wildman–Crippen LogP) is 4.95. The van der Waals surface area contributed by atoms with Crippen molar-refractivity contribution >= 4 is 39.2 Å². The fourth-order valence-corrected chi connectivity index (χ4v) is 5.88. The summed E-state index contributed by atoms with van der Waals surface area (Å²) in [6, 6.07) is 17.6. The van der Waals surface area contributed by atoms with Crippen LogP contribution in [0.4, 0.5) is 10.5 Å². The van der Waals surface area contributed by atoms with Crippen LogP contribution in [-0.4, -0.2) is 52.9 Å². The number of carbonyl (C=O) groups excluding carboxylic acids is 2. The van der Waals surface area contributed by atoms with Crippen LogP contribution < -0.4 is 5.32 Å². The second-order valence-corrected chi connectivity index (χ2v) is 9.79. The second-order valence-electron chi connectivity index (χ2n) is 8.72. The van der Waals surface area contributed by atoms with Crippen LogP contribution in [0.5, 0.6) is 0 Å². The summed E-state index contributed by atoms with van der Waals surface area (Å²) >= 11 is 1.75. The summed E-state index contributed by atoms with van der Waals surface area (Å²) in [7, 11) is 0. The Bertz CT molecular complexity index is 1070. The number of benzene rings is 2. The largest absolute Gasteiger partial charge is 0.342 e. The van der Waals surface area contributed by atoms with Crippen LogP contribution in [0.1, 0.15) is 36.6 Å². The lowest BCUT2D eigenvalue weighted by molar-refractivity contribution is -0.138. The molecule has 0 spiro atoms. The number of urea groups is 1. The number of thiazole rings is 1. The van der Waals surface area contributed by atoms with Gasteiger partial charge in [0.2, 0.25) is 5.91 Å². The molecule has 2 saturated heterocycles. The average molecular weight is 449 g/mol. The minimum atomic E-state index is -0.126. The molecule has 2 unspecified atom stereocenters. The van der Waals surface area contributed by atoms with E-state index in [1.54, 1.807) is 16.2 Å². The summed E-state index contributed by atoms with van der Waals surface area (Å²) < 4.78 is 1.21. The number of fused-ring (bicyclic) bond motifs is 1. The Morgan fingerprint density at radius 3 is 2.50 bits per heavy atom. The third-order valence-corrected chi connectivity index (χ3v) is 7.67. The van der Waals surface area contributed by atoms with Gasteiger partial charge in [-0.15, -0.1) is 11.3 Å². The van der Waals surface area contributed by atoms with E-state index < -0.39 is 0 Å². The van der Waals surface area contributed by atoms with Crippen LogP contribution in [0.15, 0.2) is 54.6 Å². The number of nitrogens with one attached hydrogen (secondary N) is 1. The number of para-hydroxylation sites is 2. The van der Waals surface area contributed by atoms with Gasteiger partial charge >= 0.3 is 6.03 Å². The molecule has 1 N–H and O–H groups in total. The number of hydrogen-bond donors (Lipinski definition) is 1. The third-order valence-electron chi connectivity index (χ3n) is 6.48. The van der Waals surface area contributed by atoms with Crippen LogP contribution in [0.25, 0.3) is 10.2 Å². The lowest BCUT2D eigenvalue weighted by Crippen LogP contribution is -2.49. The van der Waals surface area contributed by atoms with Gasteiger partial charge < -0.3 is 15.1 Å². The molecule has 7 heteroatoms. The van der Waals surface area contributed by atoms with E-state index in [-0.39, 0.29) is 17.9 Å². The quantitative estimate of drug-likeness (QED) is 0.617. The van der Waals surface area contributed by atoms with Gasteiger partial charge in [-0.2, -0.15) is 0 Å². The standard InChI is InChI=1S/C25H28N4O2S/c30-24(19-9-7-15-29(17-19)25(31)26-20-10-2-1-3-11-20)28-14-6-8-18(16-28)23-27-21-12-4-5-13-22(21)32-23/h1-5,10-13,18-19H,6-9,14-17H2,(H,26,31). The Morgan fingerprint density at radius 1 is 0.906 bits per heavy atom. The van der Waals surface area contributed by atoms with Gasteiger partial charge in [0.15, 0.2) is 0 Å². The molecule has 32 heavy (non-hydrogen) atoms. The molecular formula is C25H28N4O2S. The highest BCUT2D eigenvalue weighted by atomic mass is 32.1. The fraction of sp³-hybridized carbons (Fsp3) is 0.400. The van der Waals surface area contributed by atoms with Gasteiger partial charge in [-0.3, -0.25) is 4.79 Å². The second kappa shape index (κ2) is 9.28. The van der Waals surface area contributed by atoms with Crippen LogP contribution in [0, 0.1) is 5.92 Å². The first-order valence-corrected chi connectivity index (χ1v) is 12.2. The minimum absolute atomic E-state index is 0.125. The number of anilines is 1. The van der Waals surface area contributed by atoms with Crippen LogP contribution in [0.3, 0.4) is 0 Å². The molecule has 3 amide bonds. The van der Waals surface area contributed by atoms with Crippen molar-refractivity contribution in [3.63, 3.8) is 0 Å². The lowest BCUT2D eigenvalue weighted by atomic mass is 9.93. The van der Waals surface area contributed by atoms with Crippen molar-refractivity contribution in [2.75, 3.05) is 31.5 Å². The summed E-state index contributed by atoms with van der Waals surface area (Å²) in [6.45, 7) is 2.70. The summed E-state index contributed by atoms with van der Waals surface area (Å²) in [5.41, 5.74) is 1.82. The van der Waals surface area contributed by atoms with Gasteiger partial charge in [-0.05, 0) is 49.9 Å². The zero-order chi connectivity index (χ0) is 21.9. The molecule has 3 aromatic rings. The molecular weight excluding hydrogens is 420 g/mol. The smallest absolute Gasteiger partial charge is 0.321 e. The van der Waals surface area contributed by atoms with Crippen LogP contribution in [0.2, 0.25) is 0 Å². The van der Waals surface area contributed by atoms with Gasteiger partial charge in [-0.1, -0.05) is 30.3 Å². The van der Waals surface area contributed by atoms with E-state index in [2.05, 4.69) is 17.4 Å². The van der Waals surface area contributed by atoms with Gasteiger partial charge in [0.25, 0.3) is 0 Å². The van der Waals surface area contributed by atoms with Crippen molar-refractivity contribution in [3.8, 4) is 0 Å². The Labute approximate surface area is 192 Å². The molecule has 2 fully saturated rings. The van der Waals surface area contributed by atoms with Gasteiger partial charge in [-0.25, -0.2) is 9.78 Å². The van der Waals surface area contributed by atoms with Crippen LogP contribution >= 0.6 is 11.3 Å². The predicted molar refractivity (Wildman–Crippen MR) is 128 cm³/mol. The number of hydrogen-bond acceptors (Lipinski definition) is 4. The maximum atomic E-state index is 13.4. The van der Waals surface area contributed by atoms with Gasteiger partial charge in [0.05, 0.1) is 21.1 Å². The molecule has 166 valence electrons. The maximum Gasteiger partial charge on any atom is 0.321 e. The number of nitrogens with zero attached hydrogens (tertiary/aromatic N) is 3. The van der Waals surface area contributed by atoms with Crippen molar-refractivity contribution in [3.05, 3.63) is 59.6 Å². The highest BCUT2D eigenvalue weighted by Crippen LogP contribution is 2.34. The van der Waals surface area contributed by atoms with Crippen molar-refractivity contribution in [2.45, 2.75) is 31.6 Å².